The predicted octanol–water partition coefficient (Wildman–Crippen LogP) is 3.43. The first-order chi connectivity index (χ1) is 10.0. The molecular formula is C17H22ClNO2. The summed E-state index contributed by atoms with van der Waals surface area (Å²) in [5.41, 5.74) is 2.65. The van der Waals surface area contributed by atoms with E-state index in [0.717, 1.165) is 22.4 Å². The van der Waals surface area contributed by atoms with E-state index in [9.17, 15) is 5.11 Å². The second-order valence-electron chi connectivity index (χ2n) is 5.40. The van der Waals surface area contributed by atoms with Crippen molar-refractivity contribution in [2.45, 2.75) is 26.0 Å². The second kappa shape index (κ2) is 6.65. The Kier molecular flexibility index (Phi) is 5.09. The Balaban J connectivity index is 2.39. The van der Waals surface area contributed by atoms with Crippen molar-refractivity contribution in [1.82, 2.24) is 4.90 Å². The second-order valence-corrected chi connectivity index (χ2v) is 5.78. The first-order valence-electron chi connectivity index (χ1n) is 7.07. The summed E-state index contributed by atoms with van der Waals surface area (Å²) in [7, 11) is 0. The van der Waals surface area contributed by atoms with Gasteiger partial charge in [0.15, 0.2) is 0 Å². The lowest BCUT2D eigenvalue weighted by Gasteiger charge is -2.38. The molecule has 3 nitrogen and oxygen atoms in total. The van der Waals surface area contributed by atoms with E-state index in [0.29, 0.717) is 24.7 Å². The molecule has 1 aliphatic rings. The van der Waals surface area contributed by atoms with Crippen LogP contribution in [0, 0.1) is 13.8 Å². The smallest absolute Gasteiger partial charge is 0.125 e. The zero-order valence-electron chi connectivity index (χ0n) is 12.6. The minimum atomic E-state index is -0.633. The van der Waals surface area contributed by atoms with Crippen LogP contribution in [0.5, 0.6) is 5.75 Å². The molecule has 0 amide bonds. The van der Waals surface area contributed by atoms with Crippen molar-refractivity contribution in [3.05, 3.63) is 53.1 Å². The Morgan fingerprint density at radius 2 is 2.00 bits per heavy atom. The average Bonchev–Trinajstić information content (AvgIpc) is 2.45. The first-order valence-corrected chi connectivity index (χ1v) is 7.45. The van der Waals surface area contributed by atoms with Crippen molar-refractivity contribution in [3.8, 4) is 5.75 Å². The van der Waals surface area contributed by atoms with Crippen molar-refractivity contribution < 1.29 is 9.84 Å². The summed E-state index contributed by atoms with van der Waals surface area (Å²) in [6.07, 6.45) is 3.01. The maximum absolute atomic E-state index is 10.8. The first kappa shape index (κ1) is 16.1. The van der Waals surface area contributed by atoms with Crippen LogP contribution in [-0.4, -0.2) is 35.7 Å². The van der Waals surface area contributed by atoms with Crippen LogP contribution in [0.1, 0.15) is 22.8 Å². The Hall–Kier alpha value is -1.29. The zero-order valence-corrected chi connectivity index (χ0v) is 13.4. The number of rotatable bonds is 5. The molecule has 0 aliphatic carbocycles. The predicted molar refractivity (Wildman–Crippen MR) is 87.1 cm³/mol. The lowest BCUT2D eigenvalue weighted by Crippen LogP contribution is -2.46. The van der Waals surface area contributed by atoms with Crippen LogP contribution in [0.3, 0.4) is 0 Å². The van der Waals surface area contributed by atoms with Gasteiger partial charge in [-0.05, 0) is 31.0 Å². The topological polar surface area (TPSA) is 32.7 Å². The van der Waals surface area contributed by atoms with Crippen molar-refractivity contribution in [2.75, 3.05) is 19.7 Å². The van der Waals surface area contributed by atoms with Gasteiger partial charge in [0.1, 0.15) is 18.5 Å². The van der Waals surface area contributed by atoms with Crippen LogP contribution >= 0.6 is 11.6 Å². The summed E-state index contributed by atoms with van der Waals surface area (Å²) >= 11 is 6.32. The molecule has 0 fully saturated rings. The third kappa shape index (κ3) is 3.00. The van der Waals surface area contributed by atoms with E-state index in [1.54, 1.807) is 0 Å². The minimum absolute atomic E-state index is 0.133. The lowest BCUT2D eigenvalue weighted by molar-refractivity contribution is 0.0130. The molecule has 2 unspecified atom stereocenters. The largest absolute Gasteiger partial charge is 0.491 e. The third-order valence-electron chi connectivity index (χ3n) is 3.96. The van der Waals surface area contributed by atoms with Gasteiger partial charge in [0, 0.05) is 23.7 Å². The summed E-state index contributed by atoms with van der Waals surface area (Å²) < 4.78 is 5.87. The van der Waals surface area contributed by atoms with Gasteiger partial charge in [-0.25, -0.2) is 0 Å². The molecule has 0 radical (unpaired) electrons. The summed E-state index contributed by atoms with van der Waals surface area (Å²) in [4.78, 5) is 2.10. The van der Waals surface area contributed by atoms with E-state index >= 15 is 0 Å². The van der Waals surface area contributed by atoms with Crippen LogP contribution in [0.2, 0.25) is 5.02 Å². The fourth-order valence-electron chi connectivity index (χ4n) is 2.86. The van der Waals surface area contributed by atoms with Gasteiger partial charge < -0.3 is 9.84 Å². The van der Waals surface area contributed by atoms with Crippen LogP contribution in [-0.2, 0) is 0 Å². The van der Waals surface area contributed by atoms with E-state index < -0.39 is 6.10 Å². The van der Waals surface area contributed by atoms with E-state index in [1.165, 1.54) is 0 Å². The molecule has 0 bridgehead atoms. The van der Waals surface area contributed by atoms with Crippen LogP contribution in [0.25, 0.3) is 0 Å². The van der Waals surface area contributed by atoms with Crippen LogP contribution in [0.15, 0.2) is 31.4 Å². The highest BCUT2D eigenvalue weighted by Gasteiger charge is 2.35. The Labute approximate surface area is 131 Å². The van der Waals surface area contributed by atoms with Gasteiger partial charge >= 0.3 is 0 Å². The van der Waals surface area contributed by atoms with Gasteiger partial charge in [-0.2, -0.15) is 0 Å². The molecule has 21 heavy (non-hydrogen) atoms. The van der Waals surface area contributed by atoms with E-state index in [1.807, 2.05) is 32.1 Å². The SMILES string of the molecule is C=CCN(CC=C)C1COc2cc(C)c(Cl)c(C)c2C1O. The Morgan fingerprint density at radius 1 is 1.38 bits per heavy atom. The normalized spacial score (nSPS) is 20.8. The van der Waals surface area contributed by atoms with Gasteiger partial charge in [0.05, 0.1) is 6.04 Å². The number of hydrogen-bond donors (Lipinski definition) is 1. The number of aliphatic hydroxyl groups is 1. The molecule has 0 saturated carbocycles. The van der Waals surface area contributed by atoms with Crippen molar-refractivity contribution in [2.24, 2.45) is 0 Å². The molecule has 0 aromatic heterocycles. The number of fused-ring (bicyclic) bond motifs is 1. The lowest BCUT2D eigenvalue weighted by atomic mass is 9.92. The number of aryl methyl sites for hydroxylation is 1. The quantitative estimate of drug-likeness (QED) is 0.846. The maximum atomic E-state index is 10.8. The average molecular weight is 308 g/mol. The number of hydrogen-bond acceptors (Lipinski definition) is 3. The molecule has 1 aliphatic heterocycles. The van der Waals surface area contributed by atoms with Gasteiger partial charge in [0.2, 0.25) is 0 Å². The molecule has 0 saturated heterocycles. The monoisotopic (exact) mass is 307 g/mol. The number of benzene rings is 1. The number of ether oxygens (including phenoxy) is 1. The zero-order chi connectivity index (χ0) is 15.6. The molecule has 114 valence electrons. The molecule has 2 atom stereocenters. The Morgan fingerprint density at radius 3 is 2.57 bits per heavy atom. The summed E-state index contributed by atoms with van der Waals surface area (Å²) in [6.45, 7) is 13.2. The minimum Gasteiger partial charge on any atom is -0.491 e. The number of aliphatic hydroxyl groups excluding tert-OH is 1. The molecule has 1 heterocycles. The highest BCUT2D eigenvalue weighted by molar-refractivity contribution is 6.32. The molecule has 4 heteroatoms. The van der Waals surface area contributed by atoms with Crippen LogP contribution in [0.4, 0.5) is 0 Å². The fraction of sp³-hybridized carbons (Fsp3) is 0.412. The van der Waals surface area contributed by atoms with Crippen molar-refractivity contribution in [3.63, 3.8) is 0 Å². The van der Waals surface area contributed by atoms with Crippen molar-refractivity contribution >= 4 is 11.6 Å². The number of halogens is 1. The summed E-state index contributed by atoms with van der Waals surface area (Å²) in [5, 5.41) is 11.5. The van der Waals surface area contributed by atoms with Crippen LogP contribution < -0.4 is 4.74 Å². The molecular weight excluding hydrogens is 286 g/mol. The molecule has 1 N–H and O–H groups in total. The van der Waals surface area contributed by atoms with Gasteiger partial charge in [-0.15, -0.1) is 13.2 Å². The van der Waals surface area contributed by atoms with E-state index in [4.69, 9.17) is 16.3 Å². The number of nitrogens with zero attached hydrogens (tertiary/aromatic N) is 1. The highest BCUT2D eigenvalue weighted by atomic mass is 35.5. The maximum Gasteiger partial charge on any atom is 0.125 e. The Bertz CT molecular complexity index is 546. The van der Waals surface area contributed by atoms with Gasteiger partial charge in [-0.3, -0.25) is 4.90 Å². The molecule has 2 rings (SSSR count). The fourth-order valence-corrected chi connectivity index (χ4v) is 3.02. The molecule has 0 spiro atoms. The molecule has 1 aromatic rings. The highest BCUT2D eigenvalue weighted by Crippen LogP contribution is 2.40. The standard InChI is InChI=1S/C17H22ClNO2/c1-5-7-19(8-6-2)13-10-21-14-9-11(3)16(18)12(4)15(14)17(13)20/h5-6,9,13,17,20H,1-2,7-8,10H2,3-4H3. The summed E-state index contributed by atoms with van der Waals surface area (Å²) in [5.74, 6) is 0.732. The van der Waals surface area contributed by atoms with E-state index in [2.05, 4.69) is 18.1 Å². The van der Waals surface area contributed by atoms with Crippen molar-refractivity contribution in [1.29, 1.82) is 0 Å². The van der Waals surface area contributed by atoms with E-state index in [-0.39, 0.29) is 6.04 Å². The summed E-state index contributed by atoms with van der Waals surface area (Å²) in [6, 6.07) is 1.76. The van der Waals surface area contributed by atoms with Gasteiger partial charge in [-0.1, -0.05) is 23.8 Å². The molecule has 1 aromatic carbocycles. The van der Waals surface area contributed by atoms with Gasteiger partial charge in [0.25, 0.3) is 0 Å². The third-order valence-corrected chi connectivity index (χ3v) is 4.54.